The predicted molar refractivity (Wildman–Crippen MR) is 157 cm³/mol. The second-order valence-corrected chi connectivity index (χ2v) is 11.5. The molecule has 4 rings (SSSR count). The van der Waals surface area contributed by atoms with Crippen molar-refractivity contribution in [2.45, 2.75) is 12.8 Å². The number of methoxy groups -OCH3 is 4. The number of amides is 2. The van der Waals surface area contributed by atoms with E-state index < -0.39 is 0 Å². The number of benzene rings is 2. The lowest BCUT2D eigenvalue weighted by atomic mass is 10.1. The van der Waals surface area contributed by atoms with Crippen molar-refractivity contribution in [3.63, 3.8) is 0 Å². The summed E-state index contributed by atoms with van der Waals surface area (Å²) >= 11 is 13.3. The van der Waals surface area contributed by atoms with Gasteiger partial charge in [0.25, 0.3) is 11.8 Å². The highest BCUT2D eigenvalue weighted by Gasteiger charge is 2.41. The lowest BCUT2D eigenvalue weighted by molar-refractivity contribution is -0.124. The monoisotopic (exact) mass is 590 g/mol. The molecule has 0 spiro atoms. The van der Waals surface area contributed by atoms with Crippen LogP contribution in [-0.4, -0.2) is 71.8 Å². The van der Waals surface area contributed by atoms with Crippen LogP contribution in [0.1, 0.15) is 11.1 Å². The Morgan fingerprint density at radius 2 is 1.00 bits per heavy atom. The molecule has 0 aliphatic carbocycles. The van der Waals surface area contributed by atoms with Crippen LogP contribution in [0, 0.1) is 0 Å². The first-order valence-electron chi connectivity index (χ1n) is 11.5. The number of hydrogen-bond donors (Lipinski definition) is 0. The smallest absolute Gasteiger partial charge is 0.267 e. The van der Waals surface area contributed by atoms with E-state index in [0.29, 0.717) is 67.4 Å². The van der Waals surface area contributed by atoms with E-state index in [1.807, 2.05) is 36.4 Å². The Balaban J connectivity index is 1.44. The second kappa shape index (κ2) is 12.4. The maximum absolute atomic E-state index is 13.3. The Kier molecular flexibility index (Phi) is 9.19. The van der Waals surface area contributed by atoms with Crippen molar-refractivity contribution in [3.05, 3.63) is 57.3 Å². The van der Waals surface area contributed by atoms with Crippen molar-refractivity contribution in [1.29, 1.82) is 0 Å². The van der Waals surface area contributed by atoms with E-state index in [-0.39, 0.29) is 11.8 Å². The van der Waals surface area contributed by atoms with E-state index in [0.717, 1.165) is 34.7 Å². The van der Waals surface area contributed by atoms with Crippen molar-refractivity contribution in [3.8, 4) is 23.0 Å². The van der Waals surface area contributed by atoms with Crippen LogP contribution in [0.15, 0.2) is 46.2 Å². The maximum atomic E-state index is 13.3. The number of carbonyl (C=O) groups excluding carboxylic acids is 2. The molecule has 0 atom stereocenters. The van der Waals surface area contributed by atoms with Crippen molar-refractivity contribution in [2.75, 3.05) is 41.5 Å². The summed E-state index contributed by atoms with van der Waals surface area (Å²) in [6.45, 7) is 0.756. The van der Waals surface area contributed by atoms with Crippen LogP contribution >= 0.6 is 48.0 Å². The molecule has 2 aliphatic heterocycles. The van der Waals surface area contributed by atoms with Crippen molar-refractivity contribution >= 4 is 68.4 Å². The molecule has 0 unspecified atom stereocenters. The van der Waals surface area contributed by atoms with Gasteiger partial charge in [0.05, 0.1) is 38.2 Å². The Labute approximate surface area is 240 Å². The summed E-state index contributed by atoms with van der Waals surface area (Å²) in [5.41, 5.74) is 1.94. The molecule has 0 saturated carbocycles. The van der Waals surface area contributed by atoms with E-state index in [9.17, 15) is 9.59 Å². The summed E-state index contributed by atoms with van der Waals surface area (Å²) in [6, 6.07) is 11.2. The highest BCUT2D eigenvalue weighted by Crippen LogP contribution is 2.42. The van der Waals surface area contributed by atoms with Crippen LogP contribution < -0.4 is 18.9 Å². The molecule has 0 radical (unpaired) electrons. The van der Waals surface area contributed by atoms with Gasteiger partial charge in [0.1, 0.15) is 8.64 Å². The van der Waals surface area contributed by atoms with Gasteiger partial charge in [-0.25, -0.2) is 0 Å². The summed E-state index contributed by atoms with van der Waals surface area (Å²) in [7, 11) is 6.31. The zero-order chi connectivity index (χ0) is 27.4. The molecule has 200 valence electrons. The molecule has 2 amide bonds. The second-order valence-electron chi connectivity index (χ2n) is 8.19. The predicted octanol–water partition coefficient (Wildman–Crippen LogP) is 4.44. The van der Waals surface area contributed by atoms with Crippen LogP contribution in [0.5, 0.6) is 23.0 Å². The Bertz CT molecular complexity index is 1230. The first-order valence-corrected chi connectivity index (χ1v) is 14.0. The third kappa shape index (κ3) is 5.78. The highest BCUT2D eigenvalue weighted by molar-refractivity contribution is 8.29. The van der Waals surface area contributed by atoms with Crippen molar-refractivity contribution in [2.24, 2.45) is 0 Å². The zero-order valence-corrected chi connectivity index (χ0v) is 24.5. The van der Waals surface area contributed by atoms with E-state index in [1.165, 1.54) is 9.80 Å². The number of thiocarbonyl (C=S) groups is 2. The van der Waals surface area contributed by atoms with Gasteiger partial charge < -0.3 is 18.9 Å². The highest BCUT2D eigenvalue weighted by atomic mass is 32.2. The number of carbonyl (C=O) groups is 2. The van der Waals surface area contributed by atoms with E-state index in [2.05, 4.69) is 0 Å². The Morgan fingerprint density at radius 1 is 0.632 bits per heavy atom. The van der Waals surface area contributed by atoms with Gasteiger partial charge in [0.15, 0.2) is 23.0 Å². The molecule has 2 aromatic carbocycles. The standard InChI is InChI=1S/C26H26N2O6S4/c1-31-17-7-5-15(13-19(17)33-3)9-11-27-23(29)21(37-25(27)35)22-24(30)28(26(36)38-22)12-10-16-6-8-18(32-2)20(14-16)34-4/h5-8,13-14H,9-12H2,1-4H3/b22-21+. The lowest BCUT2D eigenvalue weighted by Gasteiger charge is -2.16. The van der Waals surface area contributed by atoms with Gasteiger partial charge >= 0.3 is 0 Å². The van der Waals surface area contributed by atoms with Gasteiger partial charge in [0, 0.05) is 13.1 Å². The molecule has 12 heteroatoms. The molecule has 2 aromatic rings. The zero-order valence-electron chi connectivity index (χ0n) is 21.3. The largest absolute Gasteiger partial charge is 0.493 e. The first kappa shape index (κ1) is 28.2. The molecule has 38 heavy (non-hydrogen) atoms. The van der Waals surface area contributed by atoms with Gasteiger partial charge in [-0.2, -0.15) is 0 Å². The van der Waals surface area contributed by atoms with Crippen molar-refractivity contribution in [1.82, 2.24) is 9.80 Å². The summed E-state index contributed by atoms with van der Waals surface area (Å²) in [6.07, 6.45) is 1.12. The minimum Gasteiger partial charge on any atom is -0.493 e. The normalized spacial score (nSPS) is 17.5. The SMILES string of the molecule is COc1ccc(CCN2C(=O)/C(=C3\SC(=S)N(CCc4ccc(OC)c(OC)c4)C3=O)SC2=S)cc1OC. The molecular weight excluding hydrogens is 565 g/mol. The fraction of sp³-hybridized carbons (Fsp3) is 0.308. The minimum atomic E-state index is -0.277. The number of rotatable bonds is 10. The molecule has 2 heterocycles. The Hall–Kier alpha value is -2.80. The molecule has 2 aliphatic rings. The fourth-order valence-corrected chi connectivity index (χ4v) is 6.78. The fourth-order valence-electron chi connectivity index (χ4n) is 4.01. The number of nitrogens with zero attached hydrogens (tertiary/aromatic N) is 2. The third-order valence-corrected chi connectivity index (χ3v) is 9.07. The molecule has 2 fully saturated rings. The summed E-state index contributed by atoms with van der Waals surface area (Å²) in [5, 5.41) is 0. The molecule has 0 bridgehead atoms. The van der Waals surface area contributed by atoms with Crippen LogP contribution in [0.25, 0.3) is 0 Å². The molecule has 2 saturated heterocycles. The quantitative estimate of drug-likeness (QED) is 0.293. The van der Waals surface area contributed by atoms with E-state index in [4.69, 9.17) is 43.4 Å². The van der Waals surface area contributed by atoms with Crippen LogP contribution in [0.2, 0.25) is 0 Å². The van der Waals surface area contributed by atoms with Crippen LogP contribution in [0.4, 0.5) is 0 Å². The molecule has 0 N–H and O–H groups in total. The van der Waals surface area contributed by atoms with Crippen molar-refractivity contribution < 1.29 is 28.5 Å². The van der Waals surface area contributed by atoms with Gasteiger partial charge in [0.2, 0.25) is 0 Å². The lowest BCUT2D eigenvalue weighted by Crippen LogP contribution is -2.32. The van der Waals surface area contributed by atoms with E-state index >= 15 is 0 Å². The topological polar surface area (TPSA) is 77.5 Å². The summed E-state index contributed by atoms with van der Waals surface area (Å²) in [4.78, 5) is 30.3. The van der Waals surface area contributed by atoms with E-state index in [1.54, 1.807) is 28.4 Å². The summed E-state index contributed by atoms with van der Waals surface area (Å²) in [5.74, 6) is 1.95. The minimum absolute atomic E-state index is 0.277. The number of ether oxygens (including phenoxy) is 4. The average molecular weight is 591 g/mol. The molecule has 8 nitrogen and oxygen atoms in total. The van der Waals surface area contributed by atoms with Crippen LogP contribution in [0.3, 0.4) is 0 Å². The summed E-state index contributed by atoms with van der Waals surface area (Å²) < 4.78 is 22.1. The van der Waals surface area contributed by atoms with Gasteiger partial charge in [-0.15, -0.1) is 0 Å². The first-order chi connectivity index (χ1) is 18.3. The number of hydrogen-bond acceptors (Lipinski definition) is 10. The number of thioether (sulfide) groups is 2. The third-order valence-electron chi connectivity index (χ3n) is 6.05. The average Bonchev–Trinajstić information content (AvgIpc) is 3.38. The van der Waals surface area contributed by atoms with Crippen LogP contribution in [-0.2, 0) is 22.4 Å². The van der Waals surface area contributed by atoms with Gasteiger partial charge in [-0.05, 0) is 48.2 Å². The molecule has 0 aromatic heterocycles. The van der Waals surface area contributed by atoms with Gasteiger partial charge in [-0.3, -0.25) is 19.4 Å². The van der Waals surface area contributed by atoms with Gasteiger partial charge in [-0.1, -0.05) is 60.1 Å². The molecular formula is C26H26N2O6S4. The Morgan fingerprint density at radius 3 is 1.34 bits per heavy atom. The maximum Gasteiger partial charge on any atom is 0.267 e.